The van der Waals surface area contributed by atoms with Gasteiger partial charge in [0.15, 0.2) is 0 Å². The highest BCUT2D eigenvalue weighted by Crippen LogP contribution is 2.30. The number of nitrogens with one attached hydrogen (secondary N) is 4. The van der Waals surface area contributed by atoms with Crippen molar-refractivity contribution in [1.82, 2.24) is 25.5 Å². The number of benzene rings is 2. The zero-order valence-corrected chi connectivity index (χ0v) is 19.4. The summed E-state index contributed by atoms with van der Waals surface area (Å²) in [6, 6.07) is 16.1. The maximum atomic E-state index is 11.9. The van der Waals surface area contributed by atoms with E-state index in [1.54, 1.807) is 31.4 Å². The van der Waals surface area contributed by atoms with Gasteiger partial charge in [-0.3, -0.25) is 9.89 Å². The molecule has 34 heavy (non-hydrogen) atoms. The van der Waals surface area contributed by atoms with E-state index >= 15 is 0 Å². The molecule has 0 aliphatic rings. The van der Waals surface area contributed by atoms with E-state index in [4.69, 9.17) is 11.6 Å². The lowest BCUT2D eigenvalue weighted by molar-refractivity contribution is 0.0963. The first kappa shape index (κ1) is 23.2. The highest BCUT2D eigenvalue weighted by atomic mass is 35.5. The Balaban J connectivity index is 1.67. The van der Waals surface area contributed by atoms with Gasteiger partial charge in [-0.25, -0.2) is 4.98 Å². The maximum absolute atomic E-state index is 11.9. The minimum atomic E-state index is -0.385. The largest absolute Gasteiger partial charge is 0.394 e. The quantitative estimate of drug-likeness (QED) is 0.258. The first-order valence-electron chi connectivity index (χ1n) is 10.6. The molecule has 4 aromatic rings. The first-order valence-corrected chi connectivity index (χ1v) is 11.0. The number of carbonyl (C=O) groups excluding carboxylic acids is 1. The van der Waals surface area contributed by atoms with E-state index in [0.29, 0.717) is 39.3 Å². The van der Waals surface area contributed by atoms with Crippen molar-refractivity contribution in [2.24, 2.45) is 0 Å². The second kappa shape index (κ2) is 10.3. The number of aliphatic hydroxyl groups is 1. The molecule has 10 heteroatoms. The molecule has 0 radical (unpaired) electrons. The van der Waals surface area contributed by atoms with Crippen LogP contribution in [0.15, 0.2) is 60.8 Å². The summed E-state index contributed by atoms with van der Waals surface area (Å²) in [4.78, 5) is 21.0. The van der Waals surface area contributed by atoms with Crippen LogP contribution >= 0.6 is 11.6 Å². The van der Waals surface area contributed by atoms with Gasteiger partial charge in [0.05, 0.1) is 34.5 Å². The van der Waals surface area contributed by atoms with E-state index in [2.05, 4.69) is 36.1 Å². The number of hydrogen-bond donors (Lipinski definition) is 5. The molecular weight excluding hydrogens is 454 g/mol. The fourth-order valence-electron chi connectivity index (χ4n) is 3.42. The zero-order valence-electron chi connectivity index (χ0n) is 18.6. The molecule has 2 heterocycles. The Morgan fingerprint density at radius 3 is 2.62 bits per heavy atom. The van der Waals surface area contributed by atoms with Crippen molar-refractivity contribution in [3.8, 4) is 11.3 Å². The highest BCUT2D eigenvalue weighted by molar-refractivity contribution is 6.34. The van der Waals surface area contributed by atoms with Crippen molar-refractivity contribution in [2.75, 3.05) is 24.3 Å². The molecule has 4 rings (SSSR count). The second-order valence-corrected chi connectivity index (χ2v) is 7.99. The minimum Gasteiger partial charge on any atom is -0.394 e. The number of amides is 1. The predicted molar refractivity (Wildman–Crippen MR) is 132 cm³/mol. The van der Waals surface area contributed by atoms with Crippen LogP contribution in [0, 0.1) is 6.92 Å². The van der Waals surface area contributed by atoms with Crippen LogP contribution in [0.4, 0.5) is 17.5 Å². The molecule has 174 valence electrons. The van der Waals surface area contributed by atoms with Crippen LogP contribution in [0.2, 0.25) is 5.02 Å². The Labute approximate surface area is 201 Å². The van der Waals surface area contributed by atoms with Crippen LogP contribution in [-0.2, 0) is 0 Å². The fraction of sp³-hybridized carbons (Fsp3) is 0.167. The molecule has 2 aromatic carbocycles. The number of aliphatic hydroxyl groups excluding tert-OH is 1. The summed E-state index contributed by atoms with van der Waals surface area (Å²) in [6.45, 7) is 1.78. The number of hydrogen-bond acceptors (Lipinski definition) is 7. The Morgan fingerprint density at radius 1 is 1.18 bits per heavy atom. The Hall–Kier alpha value is -3.95. The Bertz CT molecular complexity index is 1290. The van der Waals surface area contributed by atoms with E-state index in [-0.39, 0.29) is 18.6 Å². The van der Waals surface area contributed by atoms with Crippen molar-refractivity contribution in [3.05, 3.63) is 82.6 Å². The van der Waals surface area contributed by atoms with Crippen molar-refractivity contribution >= 4 is 35.0 Å². The number of anilines is 3. The molecule has 0 spiro atoms. The highest BCUT2D eigenvalue weighted by Gasteiger charge is 2.18. The molecule has 1 atom stereocenters. The van der Waals surface area contributed by atoms with Gasteiger partial charge in [0.25, 0.3) is 5.91 Å². The lowest BCUT2D eigenvalue weighted by Crippen LogP contribution is -2.18. The average molecular weight is 478 g/mol. The molecule has 2 aromatic heterocycles. The predicted octanol–water partition coefficient (Wildman–Crippen LogP) is 4.08. The topological polar surface area (TPSA) is 128 Å². The number of halogens is 1. The summed E-state index contributed by atoms with van der Waals surface area (Å²) in [5, 5.41) is 26.6. The van der Waals surface area contributed by atoms with E-state index < -0.39 is 0 Å². The summed E-state index contributed by atoms with van der Waals surface area (Å²) in [6.07, 6.45) is 1.66. The third-order valence-electron chi connectivity index (χ3n) is 5.16. The Morgan fingerprint density at radius 2 is 1.97 bits per heavy atom. The van der Waals surface area contributed by atoms with Gasteiger partial charge in [-0.1, -0.05) is 41.9 Å². The lowest BCUT2D eigenvalue weighted by atomic mass is 10.1. The van der Waals surface area contributed by atoms with Crippen molar-refractivity contribution in [3.63, 3.8) is 0 Å². The number of aromatic amines is 1. The van der Waals surface area contributed by atoms with Crippen LogP contribution in [0.3, 0.4) is 0 Å². The number of aromatic nitrogens is 4. The molecule has 0 fully saturated rings. The first-order chi connectivity index (χ1) is 16.5. The van der Waals surface area contributed by atoms with Crippen LogP contribution in [0.1, 0.15) is 27.7 Å². The molecule has 0 saturated carbocycles. The summed E-state index contributed by atoms with van der Waals surface area (Å²) in [5.74, 6) is 0.542. The molecule has 1 amide bonds. The third-order valence-corrected chi connectivity index (χ3v) is 5.48. The number of aryl methyl sites for hydroxylation is 1. The molecule has 0 bridgehead atoms. The molecule has 9 nitrogen and oxygen atoms in total. The SMILES string of the molecule is CNC(=O)c1ccc(Nc2ncc(-c3cc(C)[nH]n3)c(N[C@H](CO)c3ccccc3)n2)cc1Cl. The second-order valence-electron chi connectivity index (χ2n) is 7.58. The van der Waals surface area contributed by atoms with Gasteiger partial charge >= 0.3 is 0 Å². The van der Waals surface area contributed by atoms with Gasteiger partial charge in [-0.2, -0.15) is 10.1 Å². The molecule has 0 aliphatic carbocycles. The number of nitrogens with zero attached hydrogens (tertiary/aromatic N) is 3. The number of rotatable bonds is 8. The summed E-state index contributed by atoms with van der Waals surface area (Å²) in [7, 11) is 1.55. The van der Waals surface area contributed by atoms with Gasteiger partial charge in [-0.05, 0) is 36.8 Å². The summed E-state index contributed by atoms with van der Waals surface area (Å²) in [5.41, 5.74) is 4.16. The molecule has 0 unspecified atom stereocenters. The van der Waals surface area contributed by atoms with Crippen molar-refractivity contribution in [1.29, 1.82) is 0 Å². The minimum absolute atomic E-state index is 0.133. The van der Waals surface area contributed by atoms with Crippen LogP contribution in [0.25, 0.3) is 11.3 Å². The van der Waals surface area contributed by atoms with E-state index in [0.717, 1.165) is 11.3 Å². The van der Waals surface area contributed by atoms with Crippen LogP contribution in [-0.4, -0.2) is 44.8 Å². The van der Waals surface area contributed by atoms with Gasteiger partial charge < -0.3 is 21.1 Å². The van der Waals surface area contributed by atoms with Crippen molar-refractivity contribution < 1.29 is 9.90 Å². The van der Waals surface area contributed by atoms with Gasteiger partial charge in [-0.15, -0.1) is 0 Å². The normalized spacial score (nSPS) is 11.6. The van der Waals surface area contributed by atoms with E-state index in [9.17, 15) is 9.90 Å². The van der Waals surface area contributed by atoms with E-state index in [1.807, 2.05) is 43.3 Å². The monoisotopic (exact) mass is 477 g/mol. The zero-order chi connectivity index (χ0) is 24.1. The third kappa shape index (κ3) is 5.16. The van der Waals surface area contributed by atoms with Crippen LogP contribution < -0.4 is 16.0 Å². The van der Waals surface area contributed by atoms with Gasteiger partial charge in [0.2, 0.25) is 5.95 Å². The summed E-state index contributed by atoms with van der Waals surface area (Å²) < 4.78 is 0. The number of carbonyl (C=O) groups is 1. The maximum Gasteiger partial charge on any atom is 0.252 e. The standard InChI is InChI=1S/C24H24ClN7O2/c1-14-10-20(32-31-14)18-12-27-24(28-16-8-9-17(19(25)11-16)23(34)26-2)30-22(18)29-21(13-33)15-6-4-3-5-7-15/h3-12,21,33H,13H2,1-2H3,(H,26,34)(H,31,32)(H2,27,28,29,30)/t21-/m1/s1. The van der Waals surface area contributed by atoms with Gasteiger partial charge in [0, 0.05) is 24.6 Å². The average Bonchev–Trinajstić information content (AvgIpc) is 3.28. The smallest absolute Gasteiger partial charge is 0.252 e. The fourth-order valence-corrected chi connectivity index (χ4v) is 3.69. The lowest BCUT2D eigenvalue weighted by Gasteiger charge is -2.19. The van der Waals surface area contributed by atoms with E-state index in [1.165, 1.54) is 0 Å². The van der Waals surface area contributed by atoms with Crippen LogP contribution in [0.5, 0.6) is 0 Å². The number of H-pyrrole nitrogens is 1. The molecule has 5 N–H and O–H groups in total. The Kier molecular flexibility index (Phi) is 7.05. The van der Waals surface area contributed by atoms with Gasteiger partial charge in [0.1, 0.15) is 5.82 Å². The summed E-state index contributed by atoms with van der Waals surface area (Å²) >= 11 is 6.27. The van der Waals surface area contributed by atoms with Crippen molar-refractivity contribution in [2.45, 2.75) is 13.0 Å². The molecule has 0 saturated heterocycles. The molecule has 0 aliphatic heterocycles. The molecular formula is C24H24ClN7O2.